The molecular weight excluding hydrogens is 284 g/mol. The average molecular weight is 298 g/mol. The molecule has 0 amide bonds. The molecule has 0 saturated heterocycles. The molecule has 1 N–H and O–H groups in total. The Labute approximate surface area is 116 Å². The van der Waals surface area contributed by atoms with Crippen molar-refractivity contribution in [3.63, 3.8) is 0 Å². The number of benzene rings is 1. The number of nitrogens with one attached hydrogen (secondary N) is 1. The third-order valence-electron chi connectivity index (χ3n) is 2.77. The van der Waals surface area contributed by atoms with Gasteiger partial charge in [-0.1, -0.05) is 0 Å². The average Bonchev–Trinajstić information content (AvgIpc) is 2.60. The molecule has 0 aromatic heterocycles. The van der Waals surface area contributed by atoms with Crippen molar-refractivity contribution in [1.82, 2.24) is 9.62 Å². The van der Waals surface area contributed by atoms with Crippen LogP contribution >= 0.6 is 0 Å². The first kappa shape index (κ1) is 14.4. The Morgan fingerprint density at radius 1 is 1.40 bits per heavy atom. The van der Waals surface area contributed by atoms with Crippen LogP contribution in [0.3, 0.4) is 0 Å². The molecule has 108 valence electrons. The Balaban J connectivity index is 2.39. The van der Waals surface area contributed by atoms with Crippen LogP contribution in [0.5, 0.6) is 0 Å². The number of fused-ring (bicyclic) bond motifs is 1. The van der Waals surface area contributed by atoms with Gasteiger partial charge < -0.3 is 4.90 Å². The van der Waals surface area contributed by atoms with Crippen molar-refractivity contribution in [1.29, 1.82) is 0 Å². The molecule has 8 nitrogen and oxygen atoms in total. The molecule has 0 saturated carbocycles. The molecule has 0 spiro atoms. The largest absolute Gasteiger partial charge is 0.308 e. The number of hydrogen-bond donors (Lipinski definition) is 1. The Morgan fingerprint density at radius 3 is 2.70 bits per heavy atom. The second-order valence-corrected chi connectivity index (χ2v) is 6.23. The van der Waals surface area contributed by atoms with Crippen LogP contribution in [-0.2, 0) is 10.0 Å². The second kappa shape index (κ2) is 5.17. The summed E-state index contributed by atoms with van der Waals surface area (Å²) in [6.07, 6.45) is 0. The molecule has 0 atom stereocenters. The maximum absolute atomic E-state index is 11.9. The smallest absolute Gasteiger partial charge is 0.270 e. The first-order valence-corrected chi connectivity index (χ1v) is 7.30. The molecule has 20 heavy (non-hydrogen) atoms. The van der Waals surface area contributed by atoms with E-state index in [1.165, 1.54) is 12.1 Å². The summed E-state index contributed by atoms with van der Waals surface area (Å²) in [5, 5.41) is 10.7. The SMILES string of the molecule is CN(C)CCN=C1NS(=O)(=O)c2cc([N+](=O)[O-])ccc21. The molecule has 0 aliphatic carbocycles. The van der Waals surface area contributed by atoms with Gasteiger partial charge in [0.1, 0.15) is 10.7 Å². The van der Waals surface area contributed by atoms with E-state index in [1.807, 2.05) is 19.0 Å². The van der Waals surface area contributed by atoms with Crippen molar-refractivity contribution in [3.05, 3.63) is 33.9 Å². The highest BCUT2D eigenvalue weighted by atomic mass is 32.2. The van der Waals surface area contributed by atoms with E-state index >= 15 is 0 Å². The van der Waals surface area contributed by atoms with E-state index in [0.29, 0.717) is 18.7 Å². The van der Waals surface area contributed by atoms with Gasteiger partial charge >= 0.3 is 0 Å². The number of non-ortho nitro benzene ring substituents is 1. The third kappa shape index (κ3) is 2.78. The Morgan fingerprint density at radius 2 is 2.10 bits per heavy atom. The van der Waals surface area contributed by atoms with Crippen molar-refractivity contribution < 1.29 is 13.3 Å². The van der Waals surface area contributed by atoms with E-state index in [-0.39, 0.29) is 16.4 Å². The zero-order valence-corrected chi connectivity index (χ0v) is 11.8. The maximum atomic E-state index is 11.9. The molecule has 1 aromatic carbocycles. The predicted octanol–water partition coefficient (Wildman–Crippen LogP) is 0.195. The van der Waals surface area contributed by atoms with Crippen molar-refractivity contribution in [3.8, 4) is 0 Å². The van der Waals surface area contributed by atoms with Crippen LogP contribution < -0.4 is 4.72 Å². The first-order valence-electron chi connectivity index (χ1n) is 5.82. The van der Waals surface area contributed by atoms with Crippen molar-refractivity contribution in [2.75, 3.05) is 27.2 Å². The fourth-order valence-corrected chi connectivity index (χ4v) is 3.03. The Kier molecular flexibility index (Phi) is 3.73. The van der Waals surface area contributed by atoms with E-state index in [4.69, 9.17) is 0 Å². The molecule has 0 fully saturated rings. The second-order valence-electron chi connectivity index (χ2n) is 4.58. The van der Waals surface area contributed by atoms with Crippen LogP contribution in [0, 0.1) is 10.1 Å². The van der Waals surface area contributed by atoms with Crippen LogP contribution in [0.4, 0.5) is 5.69 Å². The summed E-state index contributed by atoms with van der Waals surface area (Å²) in [6.45, 7) is 1.11. The van der Waals surface area contributed by atoms with Gasteiger partial charge in [0.05, 0.1) is 11.5 Å². The Bertz CT molecular complexity index is 682. The number of nitro benzene ring substituents is 1. The summed E-state index contributed by atoms with van der Waals surface area (Å²) in [7, 11) is 0.0102. The quantitative estimate of drug-likeness (QED) is 0.631. The van der Waals surface area contributed by atoms with Crippen LogP contribution in [0.15, 0.2) is 28.1 Å². The molecule has 0 radical (unpaired) electrons. The predicted molar refractivity (Wildman–Crippen MR) is 73.4 cm³/mol. The fraction of sp³-hybridized carbons (Fsp3) is 0.364. The molecule has 1 aliphatic heterocycles. The van der Waals surface area contributed by atoms with E-state index < -0.39 is 14.9 Å². The summed E-state index contributed by atoms with van der Waals surface area (Å²) < 4.78 is 26.1. The van der Waals surface area contributed by atoms with Gasteiger partial charge in [-0.25, -0.2) is 8.42 Å². The third-order valence-corrected chi connectivity index (χ3v) is 4.15. The van der Waals surface area contributed by atoms with Crippen molar-refractivity contribution in [2.45, 2.75) is 4.90 Å². The van der Waals surface area contributed by atoms with Gasteiger partial charge in [-0.2, -0.15) is 0 Å². The summed E-state index contributed by atoms with van der Waals surface area (Å²) in [6, 6.07) is 3.72. The molecule has 0 unspecified atom stereocenters. The zero-order chi connectivity index (χ0) is 14.9. The van der Waals surface area contributed by atoms with Gasteiger partial charge in [0, 0.05) is 24.2 Å². The highest BCUT2D eigenvalue weighted by Crippen LogP contribution is 2.27. The molecule has 1 heterocycles. The van der Waals surface area contributed by atoms with E-state index in [9.17, 15) is 18.5 Å². The lowest BCUT2D eigenvalue weighted by atomic mass is 10.2. The van der Waals surface area contributed by atoms with Crippen LogP contribution in [0.2, 0.25) is 0 Å². The van der Waals surface area contributed by atoms with E-state index in [1.54, 1.807) is 0 Å². The van der Waals surface area contributed by atoms with Crippen molar-refractivity contribution in [2.24, 2.45) is 4.99 Å². The normalized spacial score (nSPS) is 18.1. The van der Waals surface area contributed by atoms with Gasteiger partial charge in [-0.3, -0.25) is 19.8 Å². The number of rotatable bonds is 4. The minimum atomic E-state index is -3.76. The lowest BCUT2D eigenvalue weighted by Gasteiger charge is -2.06. The van der Waals surface area contributed by atoms with Crippen LogP contribution in [0.1, 0.15) is 5.56 Å². The van der Waals surface area contributed by atoms with Crippen molar-refractivity contribution >= 4 is 21.5 Å². The summed E-state index contributed by atoms with van der Waals surface area (Å²) >= 11 is 0. The minimum Gasteiger partial charge on any atom is -0.308 e. The minimum absolute atomic E-state index is 0.102. The highest BCUT2D eigenvalue weighted by Gasteiger charge is 2.32. The summed E-state index contributed by atoms with van der Waals surface area (Å²) in [5.41, 5.74) is 0.109. The van der Waals surface area contributed by atoms with Gasteiger partial charge in [-0.15, -0.1) is 0 Å². The van der Waals surface area contributed by atoms with Crippen LogP contribution in [-0.4, -0.2) is 51.3 Å². The lowest BCUT2D eigenvalue weighted by molar-refractivity contribution is -0.385. The molecule has 0 bridgehead atoms. The fourth-order valence-electron chi connectivity index (χ4n) is 1.76. The van der Waals surface area contributed by atoms with E-state index in [2.05, 4.69) is 9.71 Å². The van der Waals surface area contributed by atoms with E-state index in [0.717, 1.165) is 6.07 Å². The number of amidine groups is 1. The number of likely N-dealkylation sites (N-methyl/N-ethyl adjacent to an activating group) is 1. The molecule has 1 aromatic rings. The summed E-state index contributed by atoms with van der Waals surface area (Å²) in [5.74, 6) is 0.233. The first-order chi connectivity index (χ1) is 9.31. The maximum Gasteiger partial charge on any atom is 0.270 e. The number of aliphatic imine (C=N–C) groups is 1. The summed E-state index contributed by atoms with van der Waals surface area (Å²) in [4.78, 5) is 16.1. The van der Waals surface area contributed by atoms with Gasteiger partial charge in [0.15, 0.2) is 0 Å². The monoisotopic (exact) mass is 298 g/mol. The molecule has 1 aliphatic rings. The zero-order valence-electron chi connectivity index (χ0n) is 11.0. The topological polar surface area (TPSA) is 105 Å². The Hall–Kier alpha value is -2.00. The highest BCUT2D eigenvalue weighted by molar-refractivity contribution is 7.90. The molecular formula is C11H14N4O4S. The molecule has 2 rings (SSSR count). The number of sulfonamides is 1. The molecule has 9 heteroatoms. The standard InChI is InChI=1S/C11H14N4O4S/c1-14(2)6-5-12-11-9-4-3-8(15(16)17)7-10(9)20(18,19)13-11/h3-4,7H,5-6H2,1-2H3,(H,12,13). The van der Waals surface area contributed by atoms with Crippen LogP contribution in [0.25, 0.3) is 0 Å². The lowest BCUT2D eigenvalue weighted by Crippen LogP contribution is -2.24. The van der Waals surface area contributed by atoms with Gasteiger partial charge in [-0.05, 0) is 20.2 Å². The number of nitrogens with zero attached hydrogens (tertiary/aromatic N) is 3. The van der Waals surface area contributed by atoms with Gasteiger partial charge in [0.2, 0.25) is 0 Å². The van der Waals surface area contributed by atoms with Gasteiger partial charge in [0.25, 0.3) is 15.7 Å². The number of hydrogen-bond acceptors (Lipinski definition) is 6. The number of nitro groups is 1.